The summed E-state index contributed by atoms with van der Waals surface area (Å²) in [6.45, 7) is 6.60. The summed E-state index contributed by atoms with van der Waals surface area (Å²) in [4.78, 5) is 25.5. The van der Waals surface area contributed by atoms with Crippen LogP contribution in [-0.4, -0.2) is 42.8 Å². The number of hydrogen-bond donors (Lipinski definition) is 0. The fourth-order valence-corrected chi connectivity index (χ4v) is 2.85. The molecular weight excluding hydrogens is 342 g/mol. The van der Waals surface area contributed by atoms with E-state index in [0.29, 0.717) is 24.5 Å². The zero-order valence-corrected chi connectivity index (χ0v) is 15.9. The predicted molar refractivity (Wildman–Crippen MR) is 97.6 cm³/mol. The summed E-state index contributed by atoms with van der Waals surface area (Å²) in [6, 6.07) is 5.50. The van der Waals surface area contributed by atoms with Crippen molar-refractivity contribution >= 4 is 29.2 Å². The number of esters is 1. The molecule has 0 bridgehead atoms. The van der Waals surface area contributed by atoms with Crippen LogP contribution >= 0.6 is 11.6 Å². The third-order valence-corrected chi connectivity index (χ3v) is 4.07. The number of halogens is 1. The van der Waals surface area contributed by atoms with Gasteiger partial charge in [0, 0.05) is 18.1 Å². The van der Waals surface area contributed by atoms with Crippen LogP contribution < -0.4 is 0 Å². The summed E-state index contributed by atoms with van der Waals surface area (Å²) >= 11 is 6.07. The van der Waals surface area contributed by atoms with E-state index >= 15 is 0 Å². The Morgan fingerprint density at radius 2 is 2.00 bits per heavy atom. The number of ether oxygens (including phenoxy) is 2. The summed E-state index contributed by atoms with van der Waals surface area (Å²) < 4.78 is 10.2. The van der Waals surface area contributed by atoms with Crippen molar-refractivity contribution in [3.8, 4) is 0 Å². The molecule has 0 aromatic heterocycles. The number of carbonyl (C=O) groups excluding carboxylic acids is 2. The van der Waals surface area contributed by atoms with E-state index in [9.17, 15) is 9.59 Å². The Morgan fingerprint density at radius 1 is 1.28 bits per heavy atom. The monoisotopic (exact) mass is 365 g/mol. The van der Waals surface area contributed by atoms with Gasteiger partial charge in [0.25, 0.3) is 0 Å². The molecule has 6 heteroatoms. The minimum Gasteiger partial charge on any atom is -0.469 e. The van der Waals surface area contributed by atoms with Crippen LogP contribution in [0.2, 0.25) is 5.02 Å². The second kappa shape index (κ2) is 7.91. The van der Waals surface area contributed by atoms with Crippen molar-refractivity contribution in [3.63, 3.8) is 0 Å². The molecule has 1 aromatic rings. The highest BCUT2D eigenvalue weighted by Gasteiger charge is 2.24. The van der Waals surface area contributed by atoms with Crippen LogP contribution in [0.1, 0.15) is 38.3 Å². The van der Waals surface area contributed by atoms with E-state index in [1.54, 1.807) is 17.0 Å². The molecule has 5 nitrogen and oxygen atoms in total. The molecule has 1 heterocycles. The van der Waals surface area contributed by atoms with Crippen molar-refractivity contribution in [2.45, 2.75) is 39.2 Å². The molecule has 1 amide bonds. The summed E-state index contributed by atoms with van der Waals surface area (Å²) in [6.07, 6.45) is 2.54. The zero-order chi connectivity index (χ0) is 18.6. The molecule has 0 fully saturated rings. The average molecular weight is 366 g/mol. The smallest absolute Gasteiger partial charge is 0.410 e. The normalized spacial score (nSPS) is 14.8. The van der Waals surface area contributed by atoms with Crippen LogP contribution in [-0.2, 0) is 20.7 Å². The molecule has 0 unspecified atom stereocenters. The van der Waals surface area contributed by atoms with Crippen LogP contribution in [0.15, 0.2) is 24.3 Å². The van der Waals surface area contributed by atoms with Crippen molar-refractivity contribution in [1.29, 1.82) is 0 Å². The second-order valence-electron chi connectivity index (χ2n) is 6.96. The van der Waals surface area contributed by atoms with Gasteiger partial charge in [-0.25, -0.2) is 4.79 Å². The number of carbonyl (C=O) groups is 2. The number of amides is 1. The quantitative estimate of drug-likeness (QED) is 0.757. The maximum Gasteiger partial charge on any atom is 0.410 e. The van der Waals surface area contributed by atoms with E-state index in [1.165, 1.54) is 7.11 Å². The molecule has 1 aromatic carbocycles. The third-order valence-electron chi connectivity index (χ3n) is 3.84. The van der Waals surface area contributed by atoms with Crippen LogP contribution in [0.5, 0.6) is 0 Å². The lowest BCUT2D eigenvalue weighted by atomic mass is 9.93. The van der Waals surface area contributed by atoms with Crippen LogP contribution in [0, 0.1) is 0 Å². The number of hydrogen-bond acceptors (Lipinski definition) is 4. The Labute approximate surface area is 153 Å². The summed E-state index contributed by atoms with van der Waals surface area (Å²) in [5, 5.41) is 0.578. The van der Waals surface area contributed by atoms with Gasteiger partial charge in [-0.05, 0) is 56.0 Å². The maximum absolute atomic E-state index is 12.1. The maximum atomic E-state index is 12.1. The minimum atomic E-state index is -0.509. The highest BCUT2D eigenvalue weighted by atomic mass is 35.5. The van der Waals surface area contributed by atoms with Crippen molar-refractivity contribution in [3.05, 3.63) is 40.4 Å². The Balaban J connectivity index is 2.16. The molecule has 136 valence electrons. The molecule has 0 aliphatic carbocycles. The van der Waals surface area contributed by atoms with Gasteiger partial charge in [-0.15, -0.1) is 0 Å². The highest BCUT2D eigenvalue weighted by molar-refractivity contribution is 6.30. The van der Waals surface area contributed by atoms with Gasteiger partial charge in [0.1, 0.15) is 5.60 Å². The first kappa shape index (κ1) is 19.3. The van der Waals surface area contributed by atoms with E-state index in [-0.39, 0.29) is 18.5 Å². The van der Waals surface area contributed by atoms with Gasteiger partial charge in [0.05, 0.1) is 13.5 Å². The van der Waals surface area contributed by atoms with E-state index < -0.39 is 5.60 Å². The van der Waals surface area contributed by atoms with Gasteiger partial charge >= 0.3 is 12.1 Å². The molecule has 0 spiro atoms. The Hall–Kier alpha value is -2.01. The van der Waals surface area contributed by atoms with Crippen LogP contribution in [0.25, 0.3) is 5.57 Å². The number of rotatable bonds is 3. The number of benzene rings is 1. The number of nitrogens with zero attached hydrogens (tertiary/aromatic N) is 1. The van der Waals surface area contributed by atoms with Gasteiger partial charge in [0.15, 0.2) is 0 Å². The summed E-state index contributed by atoms with van der Waals surface area (Å²) in [7, 11) is 1.37. The first-order valence-electron chi connectivity index (χ1n) is 8.22. The molecule has 0 saturated carbocycles. The molecular formula is C19H24ClNO4. The van der Waals surface area contributed by atoms with Gasteiger partial charge < -0.3 is 14.4 Å². The first-order valence-corrected chi connectivity index (χ1v) is 8.60. The fourth-order valence-electron chi connectivity index (χ4n) is 2.66. The largest absolute Gasteiger partial charge is 0.469 e. The van der Waals surface area contributed by atoms with E-state index in [2.05, 4.69) is 0 Å². The summed E-state index contributed by atoms with van der Waals surface area (Å²) in [5.41, 5.74) is 2.38. The van der Waals surface area contributed by atoms with Gasteiger partial charge in [-0.3, -0.25) is 4.79 Å². The van der Waals surface area contributed by atoms with Crippen molar-refractivity contribution < 1.29 is 19.1 Å². The Kier molecular flexibility index (Phi) is 6.11. The zero-order valence-electron chi connectivity index (χ0n) is 15.1. The van der Waals surface area contributed by atoms with Crippen molar-refractivity contribution in [1.82, 2.24) is 4.90 Å². The van der Waals surface area contributed by atoms with Gasteiger partial charge in [0.2, 0.25) is 0 Å². The minimum absolute atomic E-state index is 0.166. The van der Waals surface area contributed by atoms with Gasteiger partial charge in [-0.1, -0.05) is 23.7 Å². The predicted octanol–water partition coefficient (Wildman–Crippen LogP) is 4.08. The lowest BCUT2D eigenvalue weighted by molar-refractivity contribution is -0.139. The molecule has 1 aliphatic heterocycles. The fraction of sp³-hybridized carbons (Fsp3) is 0.474. The highest BCUT2D eigenvalue weighted by Crippen LogP contribution is 2.28. The van der Waals surface area contributed by atoms with Crippen LogP contribution in [0.4, 0.5) is 4.79 Å². The molecule has 0 atom stereocenters. The lowest BCUT2D eigenvalue weighted by Crippen LogP contribution is -2.39. The summed E-state index contributed by atoms with van der Waals surface area (Å²) in [5.74, 6) is -0.310. The standard InChI is InChI=1S/C19H24ClNO4/c1-19(2,3)25-18(23)21-9-7-13(8-10-21)16-6-5-15(20)11-14(16)12-17(22)24-4/h5-7,11H,8-10,12H2,1-4H3. The Bertz CT molecular complexity index is 691. The molecule has 2 rings (SSSR count). The molecule has 25 heavy (non-hydrogen) atoms. The van der Waals surface area contributed by atoms with Crippen molar-refractivity contribution in [2.75, 3.05) is 20.2 Å². The van der Waals surface area contributed by atoms with Crippen molar-refractivity contribution in [2.24, 2.45) is 0 Å². The van der Waals surface area contributed by atoms with Gasteiger partial charge in [-0.2, -0.15) is 0 Å². The van der Waals surface area contributed by atoms with Crippen LogP contribution in [0.3, 0.4) is 0 Å². The topological polar surface area (TPSA) is 55.8 Å². The first-order chi connectivity index (χ1) is 11.7. The molecule has 0 saturated heterocycles. The molecule has 0 N–H and O–H groups in total. The SMILES string of the molecule is COC(=O)Cc1cc(Cl)ccc1C1=CCN(C(=O)OC(C)(C)C)CC1. The second-order valence-corrected chi connectivity index (χ2v) is 7.40. The Morgan fingerprint density at radius 3 is 2.56 bits per heavy atom. The number of methoxy groups -OCH3 is 1. The van der Waals surface area contributed by atoms with E-state index in [4.69, 9.17) is 21.1 Å². The van der Waals surface area contributed by atoms with E-state index in [1.807, 2.05) is 32.9 Å². The lowest BCUT2D eigenvalue weighted by Gasteiger charge is -2.30. The van der Waals surface area contributed by atoms with E-state index in [0.717, 1.165) is 16.7 Å². The third kappa shape index (κ3) is 5.49. The average Bonchev–Trinajstić information content (AvgIpc) is 2.53. The molecule has 0 radical (unpaired) electrons. The molecule has 1 aliphatic rings.